The Labute approximate surface area is 145 Å². The largest absolute Gasteiger partial charge is 0.494 e. The minimum Gasteiger partial charge on any atom is -0.494 e. The fourth-order valence-electron chi connectivity index (χ4n) is 2.12. The Morgan fingerprint density at radius 2 is 1.70 bits per heavy atom. The fraction of sp³-hybridized carbons (Fsp3) is 0.316. The molecule has 0 spiro atoms. The molecule has 0 amide bonds. The molecule has 2 aromatic carbocycles. The van der Waals surface area contributed by atoms with E-state index >= 15 is 0 Å². The van der Waals surface area contributed by atoms with Gasteiger partial charge in [0.15, 0.2) is 0 Å². The summed E-state index contributed by atoms with van der Waals surface area (Å²) in [6.07, 6.45) is 0. The van der Waals surface area contributed by atoms with E-state index in [1.807, 2.05) is 64.1 Å². The highest BCUT2D eigenvalue weighted by molar-refractivity contribution is 9.10. The first-order valence-electron chi connectivity index (χ1n) is 7.55. The van der Waals surface area contributed by atoms with Crippen LogP contribution in [-0.4, -0.2) is 18.2 Å². The molecule has 0 aromatic heterocycles. The summed E-state index contributed by atoms with van der Waals surface area (Å²) in [7, 11) is 0. The van der Waals surface area contributed by atoms with Crippen molar-refractivity contribution >= 4 is 21.9 Å². The van der Waals surface area contributed by atoms with Crippen molar-refractivity contribution in [3.63, 3.8) is 0 Å². The molecular formula is C19H21BrO3. The molecule has 0 radical (unpaired) electrons. The second kappa shape index (κ2) is 7.18. The van der Waals surface area contributed by atoms with Gasteiger partial charge < -0.3 is 9.47 Å². The Bertz CT molecular complexity index is 685. The molecule has 0 unspecified atom stereocenters. The van der Waals surface area contributed by atoms with Gasteiger partial charge in [0.2, 0.25) is 0 Å². The summed E-state index contributed by atoms with van der Waals surface area (Å²) in [6.45, 7) is 8.16. The van der Waals surface area contributed by atoms with Crippen LogP contribution >= 0.6 is 15.9 Å². The Kier molecular flexibility index (Phi) is 5.47. The normalized spacial score (nSPS) is 11.2. The molecule has 0 fully saturated rings. The highest BCUT2D eigenvalue weighted by Gasteiger charge is 2.18. The third-order valence-corrected chi connectivity index (χ3v) is 3.49. The molecule has 2 aromatic rings. The van der Waals surface area contributed by atoms with Crippen LogP contribution in [0.2, 0.25) is 0 Å². The van der Waals surface area contributed by atoms with Crippen LogP contribution in [0.4, 0.5) is 0 Å². The van der Waals surface area contributed by atoms with Crippen LogP contribution in [-0.2, 0) is 4.74 Å². The van der Waals surface area contributed by atoms with Crippen LogP contribution in [0.3, 0.4) is 0 Å². The fourth-order valence-corrected chi connectivity index (χ4v) is 2.61. The van der Waals surface area contributed by atoms with Gasteiger partial charge in [0, 0.05) is 4.47 Å². The molecule has 0 saturated carbocycles. The Morgan fingerprint density at radius 1 is 1.04 bits per heavy atom. The summed E-state index contributed by atoms with van der Waals surface area (Å²) in [5.41, 5.74) is 1.97. The van der Waals surface area contributed by atoms with Gasteiger partial charge in [-0.15, -0.1) is 0 Å². The first kappa shape index (κ1) is 17.5. The summed E-state index contributed by atoms with van der Waals surface area (Å²) in [5.74, 6) is 0.504. The van der Waals surface area contributed by atoms with E-state index in [1.54, 1.807) is 6.07 Å². The van der Waals surface area contributed by atoms with Gasteiger partial charge in [0.1, 0.15) is 11.4 Å². The summed E-state index contributed by atoms with van der Waals surface area (Å²) in [4.78, 5) is 12.3. The second-order valence-corrected chi connectivity index (χ2v) is 7.10. The lowest BCUT2D eigenvalue weighted by atomic mass is 10.0. The van der Waals surface area contributed by atoms with Crippen molar-refractivity contribution in [2.24, 2.45) is 0 Å². The van der Waals surface area contributed by atoms with Crippen molar-refractivity contribution in [3.8, 4) is 16.9 Å². The van der Waals surface area contributed by atoms with Crippen LogP contribution in [0.15, 0.2) is 46.9 Å². The van der Waals surface area contributed by atoms with E-state index in [-0.39, 0.29) is 5.97 Å². The lowest BCUT2D eigenvalue weighted by molar-refractivity contribution is 0.00695. The zero-order chi connectivity index (χ0) is 17.0. The predicted molar refractivity (Wildman–Crippen MR) is 95.9 cm³/mol. The van der Waals surface area contributed by atoms with Crippen LogP contribution in [0.1, 0.15) is 38.1 Å². The molecule has 4 heteroatoms. The highest BCUT2D eigenvalue weighted by Crippen LogP contribution is 2.27. The number of ether oxygens (including phenoxy) is 2. The van der Waals surface area contributed by atoms with Crippen molar-refractivity contribution in [1.29, 1.82) is 0 Å². The number of carbonyl (C=O) groups is 1. The van der Waals surface area contributed by atoms with Gasteiger partial charge in [-0.1, -0.05) is 28.1 Å². The number of hydrogen-bond acceptors (Lipinski definition) is 3. The topological polar surface area (TPSA) is 35.5 Å². The van der Waals surface area contributed by atoms with Gasteiger partial charge in [0.05, 0.1) is 12.2 Å². The molecule has 122 valence electrons. The smallest absolute Gasteiger partial charge is 0.338 e. The first-order valence-corrected chi connectivity index (χ1v) is 8.35. The summed E-state index contributed by atoms with van der Waals surface area (Å²) in [6, 6.07) is 13.4. The van der Waals surface area contributed by atoms with E-state index in [1.165, 1.54) is 0 Å². The van der Waals surface area contributed by atoms with Crippen molar-refractivity contribution in [2.45, 2.75) is 33.3 Å². The minimum atomic E-state index is -0.515. The van der Waals surface area contributed by atoms with E-state index in [4.69, 9.17) is 9.47 Å². The van der Waals surface area contributed by atoms with Gasteiger partial charge in [-0.3, -0.25) is 0 Å². The first-order chi connectivity index (χ1) is 10.8. The molecule has 0 heterocycles. The Hall–Kier alpha value is -1.81. The molecule has 2 rings (SSSR count). The van der Waals surface area contributed by atoms with Crippen molar-refractivity contribution in [2.75, 3.05) is 6.61 Å². The lowest BCUT2D eigenvalue weighted by Crippen LogP contribution is -2.23. The maximum atomic E-state index is 12.3. The summed E-state index contributed by atoms with van der Waals surface area (Å²) >= 11 is 3.47. The number of esters is 1. The Balaban J connectivity index is 2.31. The van der Waals surface area contributed by atoms with Crippen LogP contribution in [0, 0.1) is 0 Å². The van der Waals surface area contributed by atoms with Crippen LogP contribution < -0.4 is 4.74 Å². The number of halogens is 1. The number of rotatable bonds is 4. The SMILES string of the molecule is CCOc1ccc(-c2cc(Br)cc(C(=O)OC(C)(C)C)c2)cc1. The summed E-state index contributed by atoms with van der Waals surface area (Å²) < 4.78 is 11.7. The van der Waals surface area contributed by atoms with Crippen LogP contribution in [0.25, 0.3) is 11.1 Å². The molecule has 0 aliphatic carbocycles. The van der Waals surface area contributed by atoms with E-state index in [0.717, 1.165) is 21.3 Å². The van der Waals surface area contributed by atoms with E-state index in [9.17, 15) is 4.79 Å². The molecule has 0 saturated heterocycles. The quantitative estimate of drug-likeness (QED) is 0.663. The lowest BCUT2D eigenvalue weighted by Gasteiger charge is -2.19. The zero-order valence-corrected chi connectivity index (χ0v) is 15.4. The molecule has 23 heavy (non-hydrogen) atoms. The predicted octanol–water partition coefficient (Wildman–Crippen LogP) is 5.47. The number of benzene rings is 2. The third-order valence-electron chi connectivity index (χ3n) is 3.03. The van der Waals surface area contributed by atoms with Gasteiger partial charge in [0.25, 0.3) is 0 Å². The minimum absolute atomic E-state index is 0.328. The van der Waals surface area contributed by atoms with Gasteiger partial charge in [-0.05, 0) is 69.2 Å². The maximum absolute atomic E-state index is 12.3. The monoisotopic (exact) mass is 376 g/mol. The third kappa shape index (κ3) is 5.10. The molecule has 3 nitrogen and oxygen atoms in total. The molecule has 0 aliphatic rings. The second-order valence-electron chi connectivity index (χ2n) is 6.19. The molecule has 0 bridgehead atoms. The summed E-state index contributed by atoms with van der Waals surface area (Å²) in [5, 5.41) is 0. The average Bonchev–Trinajstić information content (AvgIpc) is 2.46. The van der Waals surface area contributed by atoms with E-state index in [0.29, 0.717) is 12.2 Å². The molecular weight excluding hydrogens is 356 g/mol. The van der Waals surface area contributed by atoms with Gasteiger partial charge in [-0.2, -0.15) is 0 Å². The van der Waals surface area contributed by atoms with Crippen LogP contribution in [0.5, 0.6) is 5.75 Å². The highest BCUT2D eigenvalue weighted by atomic mass is 79.9. The van der Waals surface area contributed by atoms with Gasteiger partial charge in [-0.25, -0.2) is 4.79 Å². The maximum Gasteiger partial charge on any atom is 0.338 e. The average molecular weight is 377 g/mol. The standard InChI is InChI=1S/C19H21BrO3/c1-5-22-17-8-6-13(7-9-17)14-10-15(12-16(20)11-14)18(21)23-19(2,3)4/h6-12H,5H2,1-4H3. The Morgan fingerprint density at radius 3 is 2.26 bits per heavy atom. The van der Waals surface area contributed by atoms with Crippen molar-refractivity contribution in [1.82, 2.24) is 0 Å². The van der Waals surface area contributed by atoms with E-state index in [2.05, 4.69) is 15.9 Å². The van der Waals surface area contributed by atoms with Gasteiger partial charge >= 0.3 is 5.97 Å². The number of hydrogen-bond donors (Lipinski definition) is 0. The van der Waals surface area contributed by atoms with Crippen molar-refractivity contribution in [3.05, 3.63) is 52.5 Å². The molecule has 0 N–H and O–H groups in total. The zero-order valence-electron chi connectivity index (χ0n) is 13.9. The van der Waals surface area contributed by atoms with Crippen molar-refractivity contribution < 1.29 is 14.3 Å². The molecule has 0 atom stereocenters. The number of carbonyl (C=O) groups excluding carboxylic acids is 1. The van der Waals surface area contributed by atoms with E-state index < -0.39 is 5.60 Å². The molecule has 0 aliphatic heterocycles.